The summed E-state index contributed by atoms with van der Waals surface area (Å²) >= 11 is 1.81. The molecule has 2 heterocycles. The van der Waals surface area contributed by atoms with Crippen LogP contribution in [0, 0.1) is 0 Å². The second kappa shape index (κ2) is 6.98. The predicted octanol–water partition coefficient (Wildman–Crippen LogP) is 2.37. The molecule has 0 bridgehead atoms. The monoisotopic (exact) mass is 305 g/mol. The summed E-state index contributed by atoms with van der Waals surface area (Å²) in [5, 5.41) is 3.29. The average molecular weight is 305 g/mol. The Morgan fingerprint density at radius 2 is 2.38 bits per heavy atom. The van der Waals surface area contributed by atoms with Crippen LogP contribution in [0.2, 0.25) is 0 Å². The van der Waals surface area contributed by atoms with Crippen molar-refractivity contribution < 1.29 is 9.47 Å². The smallest absolute Gasteiger partial charge is 0.165 e. The van der Waals surface area contributed by atoms with Crippen LogP contribution in [0.5, 0.6) is 5.75 Å². The Morgan fingerprint density at radius 1 is 1.48 bits per heavy atom. The summed E-state index contributed by atoms with van der Waals surface area (Å²) in [6.07, 6.45) is 1.85. The molecule has 0 fully saturated rings. The summed E-state index contributed by atoms with van der Waals surface area (Å²) in [5.41, 5.74) is 1.06. The summed E-state index contributed by atoms with van der Waals surface area (Å²) in [6.45, 7) is 2.29. The number of benzene rings is 1. The van der Waals surface area contributed by atoms with Crippen molar-refractivity contribution in [3.63, 3.8) is 0 Å². The van der Waals surface area contributed by atoms with E-state index in [1.165, 1.54) is 4.90 Å². The van der Waals surface area contributed by atoms with Gasteiger partial charge in [0.15, 0.2) is 6.10 Å². The highest BCUT2D eigenvalue weighted by atomic mass is 32.2. The first-order chi connectivity index (χ1) is 10.4. The van der Waals surface area contributed by atoms with Crippen LogP contribution in [0.25, 0.3) is 0 Å². The lowest BCUT2D eigenvalue weighted by Gasteiger charge is -2.23. The second-order valence-electron chi connectivity index (χ2n) is 4.83. The van der Waals surface area contributed by atoms with Crippen molar-refractivity contribution >= 4 is 11.8 Å². The van der Waals surface area contributed by atoms with E-state index < -0.39 is 0 Å². The van der Waals surface area contributed by atoms with E-state index in [1.54, 1.807) is 7.11 Å². The van der Waals surface area contributed by atoms with Crippen molar-refractivity contribution in [2.75, 3.05) is 26.0 Å². The minimum absolute atomic E-state index is 0.0161. The standard InChI is InChI=1S/C15H19N3O2S/c1-19-7-6-16-8-11-9-17-15(18-11)13-10-21-14-5-3-2-4-12(14)20-13/h2-5,9,13,16H,6-8,10H2,1H3,(H,17,18). The number of H-pyrrole nitrogens is 1. The largest absolute Gasteiger partial charge is 0.480 e. The Bertz CT molecular complexity index is 588. The van der Waals surface area contributed by atoms with Crippen LogP contribution in [0.4, 0.5) is 0 Å². The third-order valence-corrected chi connectivity index (χ3v) is 4.38. The van der Waals surface area contributed by atoms with Crippen LogP contribution in [0.1, 0.15) is 17.6 Å². The second-order valence-corrected chi connectivity index (χ2v) is 5.89. The maximum absolute atomic E-state index is 6.02. The molecule has 6 heteroatoms. The molecule has 1 aromatic heterocycles. The molecule has 1 unspecified atom stereocenters. The molecular formula is C15H19N3O2S. The van der Waals surface area contributed by atoms with E-state index >= 15 is 0 Å². The first kappa shape index (κ1) is 14.4. The Balaban J connectivity index is 1.59. The van der Waals surface area contributed by atoms with E-state index in [9.17, 15) is 0 Å². The van der Waals surface area contributed by atoms with Gasteiger partial charge in [0.05, 0.1) is 6.61 Å². The number of nitrogens with one attached hydrogen (secondary N) is 2. The van der Waals surface area contributed by atoms with Gasteiger partial charge in [-0.25, -0.2) is 4.98 Å². The van der Waals surface area contributed by atoms with Gasteiger partial charge in [-0.1, -0.05) is 12.1 Å². The van der Waals surface area contributed by atoms with Crippen LogP contribution in [0.15, 0.2) is 35.4 Å². The molecule has 112 valence electrons. The van der Waals surface area contributed by atoms with E-state index in [4.69, 9.17) is 9.47 Å². The van der Waals surface area contributed by atoms with Gasteiger partial charge >= 0.3 is 0 Å². The highest BCUT2D eigenvalue weighted by Crippen LogP contribution is 2.39. The molecule has 0 aliphatic carbocycles. The molecule has 2 aromatic rings. The molecule has 0 saturated heterocycles. The number of ether oxygens (including phenoxy) is 2. The van der Waals surface area contributed by atoms with E-state index in [0.717, 1.165) is 36.1 Å². The molecule has 0 radical (unpaired) electrons. The van der Waals surface area contributed by atoms with Gasteiger partial charge in [-0.2, -0.15) is 0 Å². The molecule has 1 aromatic carbocycles. The fourth-order valence-electron chi connectivity index (χ4n) is 2.18. The topological polar surface area (TPSA) is 59.2 Å². The van der Waals surface area contributed by atoms with Gasteiger partial charge in [-0.15, -0.1) is 11.8 Å². The lowest BCUT2D eigenvalue weighted by atomic mass is 10.3. The highest BCUT2D eigenvalue weighted by Gasteiger charge is 2.23. The Labute approximate surface area is 128 Å². The minimum Gasteiger partial charge on any atom is -0.480 e. The first-order valence-corrected chi connectivity index (χ1v) is 7.97. The summed E-state index contributed by atoms with van der Waals surface area (Å²) in [4.78, 5) is 8.98. The van der Waals surface area contributed by atoms with E-state index in [1.807, 2.05) is 36.2 Å². The zero-order valence-corrected chi connectivity index (χ0v) is 12.8. The third kappa shape index (κ3) is 3.58. The molecule has 1 aliphatic rings. The average Bonchev–Trinajstić information content (AvgIpc) is 3.00. The number of aromatic amines is 1. The van der Waals surface area contributed by atoms with Crippen molar-refractivity contribution in [2.24, 2.45) is 0 Å². The molecule has 1 atom stereocenters. The number of methoxy groups -OCH3 is 1. The summed E-state index contributed by atoms with van der Waals surface area (Å²) in [5.74, 6) is 2.71. The van der Waals surface area contributed by atoms with Gasteiger partial charge in [0, 0.05) is 42.7 Å². The van der Waals surface area contributed by atoms with Crippen molar-refractivity contribution in [3.8, 4) is 5.75 Å². The number of hydrogen-bond acceptors (Lipinski definition) is 5. The Morgan fingerprint density at radius 3 is 3.29 bits per heavy atom. The van der Waals surface area contributed by atoms with Gasteiger partial charge in [0.1, 0.15) is 11.6 Å². The molecular weight excluding hydrogens is 286 g/mol. The number of hydrogen-bond donors (Lipinski definition) is 2. The van der Waals surface area contributed by atoms with Crippen molar-refractivity contribution in [1.29, 1.82) is 0 Å². The number of para-hydroxylation sites is 1. The zero-order chi connectivity index (χ0) is 14.5. The van der Waals surface area contributed by atoms with Gasteiger partial charge in [0.25, 0.3) is 0 Å². The Hall–Kier alpha value is -1.50. The maximum Gasteiger partial charge on any atom is 0.165 e. The van der Waals surface area contributed by atoms with E-state index in [-0.39, 0.29) is 6.10 Å². The van der Waals surface area contributed by atoms with Crippen molar-refractivity contribution in [3.05, 3.63) is 42.0 Å². The van der Waals surface area contributed by atoms with Gasteiger partial charge in [0.2, 0.25) is 0 Å². The zero-order valence-electron chi connectivity index (χ0n) is 12.0. The molecule has 21 heavy (non-hydrogen) atoms. The quantitative estimate of drug-likeness (QED) is 0.802. The van der Waals surface area contributed by atoms with Crippen LogP contribution >= 0.6 is 11.8 Å². The predicted molar refractivity (Wildman–Crippen MR) is 82.7 cm³/mol. The number of aromatic nitrogens is 2. The van der Waals surface area contributed by atoms with Gasteiger partial charge in [-0.3, -0.25) is 0 Å². The van der Waals surface area contributed by atoms with E-state index in [2.05, 4.69) is 21.4 Å². The molecule has 1 aliphatic heterocycles. The SMILES string of the molecule is COCCNCc1cnc(C2CSc3ccccc3O2)[nH]1. The molecule has 0 saturated carbocycles. The minimum atomic E-state index is -0.0161. The number of imidazole rings is 1. The van der Waals surface area contributed by atoms with Crippen molar-refractivity contribution in [1.82, 2.24) is 15.3 Å². The number of thioether (sulfide) groups is 1. The lowest BCUT2D eigenvalue weighted by molar-refractivity contribution is 0.199. The van der Waals surface area contributed by atoms with Crippen LogP contribution in [-0.2, 0) is 11.3 Å². The molecule has 5 nitrogen and oxygen atoms in total. The maximum atomic E-state index is 6.02. The molecule has 0 amide bonds. The van der Waals surface area contributed by atoms with Crippen LogP contribution in [0.3, 0.4) is 0 Å². The number of nitrogens with zero attached hydrogens (tertiary/aromatic N) is 1. The summed E-state index contributed by atoms with van der Waals surface area (Å²) in [6, 6.07) is 8.12. The number of rotatable bonds is 6. The van der Waals surface area contributed by atoms with E-state index in [0.29, 0.717) is 6.61 Å². The van der Waals surface area contributed by atoms with Gasteiger partial charge in [-0.05, 0) is 12.1 Å². The highest BCUT2D eigenvalue weighted by molar-refractivity contribution is 7.99. The Kier molecular flexibility index (Phi) is 4.80. The van der Waals surface area contributed by atoms with Gasteiger partial charge < -0.3 is 19.8 Å². The lowest BCUT2D eigenvalue weighted by Crippen LogP contribution is -2.19. The first-order valence-electron chi connectivity index (χ1n) is 6.98. The fraction of sp³-hybridized carbons (Fsp3) is 0.400. The van der Waals surface area contributed by atoms with Crippen LogP contribution < -0.4 is 10.1 Å². The van der Waals surface area contributed by atoms with Crippen molar-refractivity contribution in [2.45, 2.75) is 17.5 Å². The molecule has 3 rings (SSSR count). The molecule has 2 N–H and O–H groups in total. The fourth-order valence-corrected chi connectivity index (χ4v) is 3.17. The van der Waals surface area contributed by atoms with Crippen LogP contribution in [-0.4, -0.2) is 36.0 Å². The summed E-state index contributed by atoms with van der Waals surface area (Å²) < 4.78 is 11.0. The number of fused-ring (bicyclic) bond motifs is 1. The normalized spacial score (nSPS) is 17.3. The summed E-state index contributed by atoms with van der Waals surface area (Å²) in [7, 11) is 1.70. The molecule has 0 spiro atoms. The third-order valence-electron chi connectivity index (χ3n) is 3.26.